The van der Waals surface area contributed by atoms with Crippen LogP contribution in [0.3, 0.4) is 0 Å². The maximum atomic E-state index is 11.8. The molecule has 3 rings (SSSR count). The number of benzene rings is 1. The zero-order chi connectivity index (χ0) is 14.7. The standard InChI is InChI=1S/C16H19N3O2/c1-21-15-8-3-2-7-13(15)17-10-16(20)19-18-14-9-11-5-4-6-12(11)14/h2-5,7-8,11-12,17H,6,9-10H2,1H3,(H,19,20)/b18-14-/t11-,12-/m1/s1. The van der Waals surface area contributed by atoms with Crippen molar-refractivity contribution in [1.29, 1.82) is 0 Å². The molecule has 2 atom stereocenters. The second kappa shape index (κ2) is 5.99. The first-order chi connectivity index (χ1) is 10.3. The maximum Gasteiger partial charge on any atom is 0.259 e. The van der Waals surface area contributed by atoms with E-state index in [1.807, 2.05) is 24.3 Å². The van der Waals surface area contributed by atoms with Crippen LogP contribution in [-0.4, -0.2) is 25.3 Å². The molecule has 1 saturated carbocycles. The monoisotopic (exact) mass is 285 g/mol. The number of anilines is 1. The van der Waals surface area contributed by atoms with Crippen molar-refractivity contribution < 1.29 is 9.53 Å². The number of nitrogens with zero attached hydrogens (tertiary/aromatic N) is 1. The summed E-state index contributed by atoms with van der Waals surface area (Å²) in [5.74, 6) is 1.73. The maximum absolute atomic E-state index is 11.8. The summed E-state index contributed by atoms with van der Waals surface area (Å²) in [6, 6.07) is 7.50. The van der Waals surface area contributed by atoms with Crippen molar-refractivity contribution in [3.63, 3.8) is 0 Å². The molecule has 0 aromatic heterocycles. The van der Waals surface area contributed by atoms with Crippen LogP contribution >= 0.6 is 0 Å². The number of hydrazone groups is 1. The van der Waals surface area contributed by atoms with E-state index in [1.165, 1.54) is 0 Å². The third-order valence-electron chi connectivity index (χ3n) is 4.03. The van der Waals surface area contributed by atoms with E-state index in [0.717, 1.165) is 30.0 Å². The van der Waals surface area contributed by atoms with Crippen molar-refractivity contribution in [2.75, 3.05) is 19.0 Å². The Balaban J connectivity index is 1.48. The summed E-state index contributed by atoms with van der Waals surface area (Å²) >= 11 is 0. The van der Waals surface area contributed by atoms with Gasteiger partial charge in [0, 0.05) is 11.6 Å². The average Bonchev–Trinajstić information content (AvgIpc) is 2.87. The molecule has 0 radical (unpaired) electrons. The lowest BCUT2D eigenvalue weighted by molar-refractivity contribution is -0.119. The number of hydrogen-bond donors (Lipinski definition) is 2. The van der Waals surface area contributed by atoms with Crippen LogP contribution in [0.15, 0.2) is 41.5 Å². The molecule has 0 aliphatic heterocycles. The van der Waals surface area contributed by atoms with E-state index in [1.54, 1.807) is 7.11 Å². The molecule has 21 heavy (non-hydrogen) atoms. The van der Waals surface area contributed by atoms with Crippen LogP contribution < -0.4 is 15.5 Å². The van der Waals surface area contributed by atoms with Crippen LogP contribution in [0, 0.1) is 11.8 Å². The highest BCUT2D eigenvalue weighted by Crippen LogP contribution is 2.40. The number of carbonyl (C=O) groups excluding carboxylic acids is 1. The molecule has 1 fully saturated rings. The molecule has 0 unspecified atom stereocenters. The van der Waals surface area contributed by atoms with Crippen molar-refractivity contribution in [3.05, 3.63) is 36.4 Å². The Morgan fingerprint density at radius 1 is 1.43 bits per heavy atom. The molecule has 2 aliphatic rings. The topological polar surface area (TPSA) is 62.7 Å². The highest BCUT2D eigenvalue weighted by atomic mass is 16.5. The minimum Gasteiger partial charge on any atom is -0.495 e. The average molecular weight is 285 g/mol. The number of nitrogens with one attached hydrogen (secondary N) is 2. The quantitative estimate of drug-likeness (QED) is 0.644. The summed E-state index contributed by atoms with van der Waals surface area (Å²) in [6.07, 6.45) is 6.47. The molecule has 0 saturated heterocycles. The smallest absolute Gasteiger partial charge is 0.259 e. The number of rotatable bonds is 5. The Labute approximate surface area is 124 Å². The summed E-state index contributed by atoms with van der Waals surface area (Å²) in [6.45, 7) is 0.170. The van der Waals surface area contributed by atoms with Crippen LogP contribution in [0.5, 0.6) is 5.75 Å². The number of ether oxygens (including phenoxy) is 1. The van der Waals surface area contributed by atoms with E-state index < -0.39 is 0 Å². The Kier molecular flexibility index (Phi) is 3.90. The van der Waals surface area contributed by atoms with Gasteiger partial charge in [0.1, 0.15) is 5.75 Å². The van der Waals surface area contributed by atoms with Crippen molar-refractivity contribution in [3.8, 4) is 5.75 Å². The van der Waals surface area contributed by atoms with Gasteiger partial charge in [-0.1, -0.05) is 24.3 Å². The minimum absolute atomic E-state index is 0.150. The third-order valence-corrected chi connectivity index (χ3v) is 4.03. The molecule has 0 heterocycles. The van der Waals surface area contributed by atoms with Gasteiger partial charge in [-0.15, -0.1) is 0 Å². The Bertz CT molecular complexity index is 595. The molecule has 1 aromatic rings. The van der Waals surface area contributed by atoms with Gasteiger partial charge in [-0.2, -0.15) is 5.10 Å². The predicted molar refractivity (Wildman–Crippen MR) is 82.4 cm³/mol. The Morgan fingerprint density at radius 3 is 3.10 bits per heavy atom. The number of amides is 1. The van der Waals surface area contributed by atoms with Crippen molar-refractivity contribution >= 4 is 17.3 Å². The summed E-state index contributed by atoms with van der Waals surface area (Å²) in [5, 5.41) is 7.28. The lowest BCUT2D eigenvalue weighted by Gasteiger charge is -2.31. The SMILES string of the molecule is COc1ccccc1NCC(=O)N/N=C1/C[C@H]2C=CC[C@@H]12. The minimum atomic E-state index is -0.150. The molecule has 1 amide bonds. The number of hydrogen-bond acceptors (Lipinski definition) is 4. The van der Waals surface area contributed by atoms with Crippen molar-refractivity contribution in [2.45, 2.75) is 12.8 Å². The summed E-state index contributed by atoms with van der Waals surface area (Å²) in [7, 11) is 1.61. The molecule has 5 nitrogen and oxygen atoms in total. The van der Waals surface area contributed by atoms with Crippen LogP contribution in [-0.2, 0) is 4.79 Å². The van der Waals surface area contributed by atoms with Crippen LogP contribution in [0.2, 0.25) is 0 Å². The fourth-order valence-electron chi connectivity index (χ4n) is 2.80. The van der Waals surface area contributed by atoms with Gasteiger partial charge in [0.05, 0.1) is 19.3 Å². The first kappa shape index (κ1) is 13.7. The number of fused-ring (bicyclic) bond motifs is 1. The van der Waals surface area contributed by atoms with Gasteiger partial charge in [-0.05, 0) is 30.9 Å². The van der Waals surface area contributed by atoms with Crippen molar-refractivity contribution in [2.24, 2.45) is 16.9 Å². The lowest BCUT2D eigenvalue weighted by atomic mass is 9.74. The first-order valence-electron chi connectivity index (χ1n) is 7.17. The lowest BCUT2D eigenvalue weighted by Crippen LogP contribution is -2.36. The van der Waals surface area contributed by atoms with E-state index in [-0.39, 0.29) is 12.5 Å². The second-order valence-corrected chi connectivity index (χ2v) is 5.33. The van der Waals surface area contributed by atoms with Gasteiger partial charge in [-0.3, -0.25) is 4.79 Å². The van der Waals surface area contributed by atoms with Crippen molar-refractivity contribution in [1.82, 2.24) is 5.43 Å². The van der Waals surface area contributed by atoms with Crippen LogP contribution in [0.25, 0.3) is 0 Å². The van der Waals surface area contributed by atoms with E-state index >= 15 is 0 Å². The summed E-state index contributed by atoms with van der Waals surface area (Å²) in [5.41, 5.74) is 4.53. The molecule has 2 N–H and O–H groups in total. The molecule has 2 aliphatic carbocycles. The van der Waals surface area contributed by atoms with E-state index in [0.29, 0.717) is 11.8 Å². The number of methoxy groups -OCH3 is 1. The van der Waals surface area contributed by atoms with E-state index in [2.05, 4.69) is 28.0 Å². The van der Waals surface area contributed by atoms with Crippen LogP contribution in [0.4, 0.5) is 5.69 Å². The fourth-order valence-corrected chi connectivity index (χ4v) is 2.80. The Hall–Kier alpha value is -2.30. The van der Waals surface area contributed by atoms with Crippen LogP contribution in [0.1, 0.15) is 12.8 Å². The molecule has 1 aromatic carbocycles. The zero-order valence-corrected chi connectivity index (χ0v) is 12.0. The highest BCUT2D eigenvalue weighted by Gasteiger charge is 2.37. The summed E-state index contributed by atoms with van der Waals surface area (Å²) in [4.78, 5) is 11.8. The number of carbonyl (C=O) groups is 1. The van der Waals surface area contributed by atoms with E-state index in [9.17, 15) is 4.79 Å². The third kappa shape index (κ3) is 2.91. The first-order valence-corrected chi connectivity index (χ1v) is 7.17. The van der Waals surface area contributed by atoms with E-state index in [4.69, 9.17) is 4.74 Å². The molecule has 0 spiro atoms. The summed E-state index contributed by atoms with van der Waals surface area (Å²) < 4.78 is 5.22. The zero-order valence-electron chi connectivity index (χ0n) is 12.0. The van der Waals surface area contributed by atoms with Gasteiger partial charge < -0.3 is 10.1 Å². The van der Waals surface area contributed by atoms with Gasteiger partial charge in [0.25, 0.3) is 5.91 Å². The molecule has 5 heteroatoms. The second-order valence-electron chi connectivity index (χ2n) is 5.33. The number of allylic oxidation sites excluding steroid dienone is 2. The molecule has 0 bridgehead atoms. The van der Waals surface area contributed by atoms with Gasteiger partial charge in [-0.25, -0.2) is 5.43 Å². The Morgan fingerprint density at radius 2 is 2.29 bits per heavy atom. The largest absolute Gasteiger partial charge is 0.495 e. The molecule has 110 valence electrons. The predicted octanol–water partition coefficient (Wildman–Crippen LogP) is 2.18. The molecular formula is C16H19N3O2. The highest BCUT2D eigenvalue weighted by molar-refractivity contribution is 5.95. The fraction of sp³-hybridized carbons (Fsp3) is 0.375. The van der Waals surface area contributed by atoms with Gasteiger partial charge in [0.15, 0.2) is 0 Å². The normalized spacial score (nSPS) is 24.3. The van der Waals surface area contributed by atoms with Gasteiger partial charge >= 0.3 is 0 Å². The molecular weight excluding hydrogens is 266 g/mol. The number of para-hydroxylation sites is 2. The van der Waals surface area contributed by atoms with Gasteiger partial charge in [0.2, 0.25) is 0 Å².